The summed E-state index contributed by atoms with van der Waals surface area (Å²) in [7, 11) is 0. The van der Waals surface area contributed by atoms with Crippen molar-refractivity contribution in [2.24, 2.45) is 0 Å². The molecule has 3 nitrogen and oxygen atoms in total. The molecule has 13 heavy (non-hydrogen) atoms. The number of hydrogen-bond acceptors (Lipinski definition) is 3. The summed E-state index contributed by atoms with van der Waals surface area (Å²) in [6.07, 6.45) is 0. The molecule has 3 heteroatoms. The van der Waals surface area contributed by atoms with Gasteiger partial charge in [-0.3, -0.25) is 5.48 Å². The largest absolute Gasteiger partial charge is 0.463 e. The molecular formula is C10H13NO2. The van der Waals surface area contributed by atoms with Crippen molar-refractivity contribution in [1.82, 2.24) is 0 Å². The Hall–Kier alpha value is -1.22. The van der Waals surface area contributed by atoms with Crippen molar-refractivity contribution in [1.29, 1.82) is 0 Å². The molecule has 0 unspecified atom stereocenters. The van der Waals surface area contributed by atoms with Gasteiger partial charge in [0.25, 0.3) is 0 Å². The number of nitrogens with one attached hydrogen (secondary N) is 1. The van der Waals surface area contributed by atoms with E-state index in [0.717, 1.165) is 11.4 Å². The second-order valence-corrected chi connectivity index (χ2v) is 3.42. The van der Waals surface area contributed by atoms with E-state index in [0.29, 0.717) is 5.92 Å². The predicted molar refractivity (Wildman–Crippen MR) is 50.7 cm³/mol. The van der Waals surface area contributed by atoms with Crippen LogP contribution >= 0.6 is 0 Å². The molecule has 70 valence electrons. The van der Waals surface area contributed by atoms with E-state index in [1.165, 1.54) is 5.56 Å². The van der Waals surface area contributed by atoms with Crippen LogP contribution < -0.4 is 10.2 Å². The number of ether oxygens (including phenoxy) is 1. The maximum Gasteiger partial charge on any atom is 0.213 e. The summed E-state index contributed by atoms with van der Waals surface area (Å²) < 4.78 is 5.27. The number of fused-ring (bicyclic) bond motifs is 1. The smallest absolute Gasteiger partial charge is 0.213 e. The fourth-order valence-corrected chi connectivity index (χ4v) is 1.31. The van der Waals surface area contributed by atoms with Crippen LogP contribution in [0, 0.1) is 0 Å². The van der Waals surface area contributed by atoms with E-state index in [2.05, 4.69) is 31.5 Å². The number of rotatable bonds is 1. The molecule has 0 saturated heterocycles. The van der Waals surface area contributed by atoms with Gasteiger partial charge in [-0.25, -0.2) is 4.84 Å². The highest BCUT2D eigenvalue weighted by Gasteiger charge is 2.11. The molecule has 1 heterocycles. The van der Waals surface area contributed by atoms with Crippen LogP contribution in [0.3, 0.4) is 0 Å². The average Bonchev–Trinajstić information content (AvgIpc) is 2.17. The molecule has 1 aromatic carbocycles. The van der Waals surface area contributed by atoms with Crippen LogP contribution in [-0.4, -0.2) is 6.79 Å². The van der Waals surface area contributed by atoms with Crippen LogP contribution in [0.2, 0.25) is 0 Å². The monoisotopic (exact) mass is 179 g/mol. The SMILES string of the molecule is CC(C)c1ccc2c(c1)NOCO2. The second-order valence-electron chi connectivity index (χ2n) is 3.42. The zero-order valence-electron chi connectivity index (χ0n) is 7.83. The first-order valence-electron chi connectivity index (χ1n) is 4.42. The van der Waals surface area contributed by atoms with Crippen molar-refractivity contribution in [3.05, 3.63) is 23.8 Å². The molecule has 0 radical (unpaired) electrons. The third-order valence-electron chi connectivity index (χ3n) is 2.13. The number of anilines is 1. The van der Waals surface area contributed by atoms with Crippen LogP contribution in [0.1, 0.15) is 25.3 Å². The molecule has 0 atom stereocenters. The summed E-state index contributed by atoms with van der Waals surface area (Å²) in [6, 6.07) is 6.11. The Kier molecular flexibility index (Phi) is 2.10. The van der Waals surface area contributed by atoms with Crippen LogP contribution in [0.5, 0.6) is 5.75 Å². The Labute approximate surface area is 77.6 Å². The molecule has 0 amide bonds. The Bertz CT molecular complexity index is 310. The van der Waals surface area contributed by atoms with Crippen LogP contribution in [-0.2, 0) is 4.84 Å². The minimum atomic E-state index is 0.272. The summed E-state index contributed by atoms with van der Waals surface area (Å²) in [4.78, 5) is 4.96. The van der Waals surface area contributed by atoms with Crippen molar-refractivity contribution in [3.8, 4) is 5.75 Å². The molecule has 0 saturated carbocycles. The van der Waals surface area contributed by atoms with Gasteiger partial charge in [0, 0.05) is 0 Å². The highest BCUT2D eigenvalue weighted by atomic mass is 16.8. The summed E-state index contributed by atoms with van der Waals surface area (Å²) in [5.74, 6) is 1.38. The fraction of sp³-hybridized carbons (Fsp3) is 0.400. The van der Waals surface area contributed by atoms with Gasteiger partial charge in [0.2, 0.25) is 6.79 Å². The Morgan fingerprint density at radius 2 is 2.23 bits per heavy atom. The summed E-state index contributed by atoms with van der Waals surface area (Å²) in [6.45, 7) is 4.59. The maximum atomic E-state index is 5.27. The molecule has 0 fully saturated rings. The van der Waals surface area contributed by atoms with E-state index in [4.69, 9.17) is 9.57 Å². The van der Waals surface area contributed by atoms with E-state index in [-0.39, 0.29) is 6.79 Å². The predicted octanol–water partition coefficient (Wildman–Crippen LogP) is 2.50. The molecule has 1 N–H and O–H groups in total. The van der Waals surface area contributed by atoms with Gasteiger partial charge in [-0.1, -0.05) is 19.9 Å². The van der Waals surface area contributed by atoms with Gasteiger partial charge < -0.3 is 4.74 Å². The lowest BCUT2D eigenvalue weighted by Crippen LogP contribution is -2.15. The third kappa shape index (κ3) is 1.60. The minimum Gasteiger partial charge on any atom is -0.463 e. The van der Waals surface area contributed by atoms with Gasteiger partial charge in [-0.05, 0) is 23.6 Å². The van der Waals surface area contributed by atoms with Gasteiger partial charge in [0.05, 0.1) is 0 Å². The Balaban J connectivity index is 2.35. The molecule has 1 aromatic rings. The van der Waals surface area contributed by atoms with Crippen molar-refractivity contribution in [2.45, 2.75) is 19.8 Å². The standard InChI is InChI=1S/C10H13NO2/c1-7(2)8-3-4-10-9(5-8)11-13-6-12-10/h3-5,7,11H,6H2,1-2H3. The van der Waals surface area contributed by atoms with Crippen molar-refractivity contribution in [3.63, 3.8) is 0 Å². The first-order chi connectivity index (χ1) is 6.27. The van der Waals surface area contributed by atoms with E-state index in [1.54, 1.807) is 0 Å². The second kappa shape index (κ2) is 3.26. The zero-order valence-corrected chi connectivity index (χ0v) is 7.83. The van der Waals surface area contributed by atoms with Gasteiger partial charge in [-0.15, -0.1) is 0 Å². The Morgan fingerprint density at radius 3 is 3.00 bits per heavy atom. The first kappa shape index (κ1) is 8.38. The quantitative estimate of drug-likeness (QED) is 0.718. The summed E-state index contributed by atoms with van der Waals surface area (Å²) in [5.41, 5.74) is 5.03. The topological polar surface area (TPSA) is 30.5 Å². The highest BCUT2D eigenvalue weighted by Crippen LogP contribution is 2.30. The normalized spacial score (nSPS) is 14.7. The number of hydrogen-bond donors (Lipinski definition) is 1. The lowest BCUT2D eigenvalue weighted by molar-refractivity contribution is 0.0337. The van der Waals surface area contributed by atoms with Crippen LogP contribution in [0.4, 0.5) is 5.69 Å². The highest BCUT2D eigenvalue weighted by molar-refractivity contribution is 5.57. The molecule has 1 aliphatic heterocycles. The lowest BCUT2D eigenvalue weighted by Gasteiger charge is -2.19. The lowest BCUT2D eigenvalue weighted by atomic mass is 10.0. The van der Waals surface area contributed by atoms with Crippen LogP contribution in [0.15, 0.2) is 18.2 Å². The van der Waals surface area contributed by atoms with Gasteiger partial charge in [0.15, 0.2) is 0 Å². The zero-order chi connectivity index (χ0) is 9.26. The van der Waals surface area contributed by atoms with Crippen molar-refractivity contribution < 1.29 is 9.57 Å². The Morgan fingerprint density at radius 1 is 1.38 bits per heavy atom. The molecular weight excluding hydrogens is 166 g/mol. The van der Waals surface area contributed by atoms with Gasteiger partial charge in [0.1, 0.15) is 11.4 Å². The third-order valence-corrected chi connectivity index (χ3v) is 2.13. The molecule has 0 spiro atoms. The van der Waals surface area contributed by atoms with Crippen molar-refractivity contribution >= 4 is 5.69 Å². The van der Waals surface area contributed by atoms with Crippen LogP contribution in [0.25, 0.3) is 0 Å². The van der Waals surface area contributed by atoms with Gasteiger partial charge >= 0.3 is 0 Å². The molecule has 1 aliphatic rings. The van der Waals surface area contributed by atoms with E-state index >= 15 is 0 Å². The minimum absolute atomic E-state index is 0.272. The van der Waals surface area contributed by atoms with E-state index in [1.807, 2.05) is 6.07 Å². The van der Waals surface area contributed by atoms with E-state index in [9.17, 15) is 0 Å². The molecule has 0 aromatic heterocycles. The van der Waals surface area contributed by atoms with E-state index < -0.39 is 0 Å². The van der Waals surface area contributed by atoms with Gasteiger partial charge in [-0.2, -0.15) is 0 Å². The average molecular weight is 179 g/mol. The molecule has 0 aliphatic carbocycles. The number of benzene rings is 1. The molecule has 0 bridgehead atoms. The summed E-state index contributed by atoms with van der Waals surface area (Å²) >= 11 is 0. The summed E-state index contributed by atoms with van der Waals surface area (Å²) in [5, 5.41) is 0. The maximum absolute atomic E-state index is 5.27. The fourth-order valence-electron chi connectivity index (χ4n) is 1.31. The molecule has 2 rings (SSSR count). The first-order valence-corrected chi connectivity index (χ1v) is 4.42. The van der Waals surface area contributed by atoms with Crippen molar-refractivity contribution in [2.75, 3.05) is 12.3 Å².